The minimum Gasteiger partial charge on any atom is -0.496 e. The van der Waals surface area contributed by atoms with Crippen molar-refractivity contribution >= 4 is 28.9 Å². The Kier molecular flexibility index (Phi) is 5.05. The number of ether oxygens (including phenoxy) is 1. The first-order chi connectivity index (χ1) is 9.24. The number of ketones is 1. The molecule has 0 spiro atoms. The fourth-order valence-electron chi connectivity index (χ4n) is 1.67. The van der Waals surface area contributed by atoms with E-state index in [-0.39, 0.29) is 5.78 Å². The molecular formula is C15H16O2S2. The molecule has 1 heterocycles. The molecule has 2 rings (SSSR count). The van der Waals surface area contributed by atoms with Crippen molar-refractivity contribution in [3.05, 3.63) is 46.2 Å². The highest BCUT2D eigenvalue weighted by Crippen LogP contribution is 2.29. The Balaban J connectivity index is 2.00. The first-order valence-electron chi connectivity index (χ1n) is 6.12. The second kappa shape index (κ2) is 6.78. The maximum Gasteiger partial charge on any atom is 0.182 e. The lowest BCUT2D eigenvalue weighted by Gasteiger charge is -2.06. The van der Waals surface area contributed by atoms with Crippen molar-refractivity contribution in [1.82, 2.24) is 0 Å². The van der Waals surface area contributed by atoms with E-state index >= 15 is 0 Å². The van der Waals surface area contributed by atoms with Gasteiger partial charge in [0.2, 0.25) is 0 Å². The summed E-state index contributed by atoms with van der Waals surface area (Å²) in [6.07, 6.45) is 0.984. The maximum atomic E-state index is 12.1. The molecule has 100 valence electrons. The van der Waals surface area contributed by atoms with Crippen molar-refractivity contribution in [2.45, 2.75) is 18.2 Å². The van der Waals surface area contributed by atoms with Gasteiger partial charge in [-0.1, -0.05) is 19.1 Å². The normalized spacial score (nSPS) is 10.4. The lowest BCUT2D eigenvalue weighted by molar-refractivity contribution is 0.102. The molecule has 0 aliphatic carbocycles. The van der Waals surface area contributed by atoms with Crippen LogP contribution in [0.1, 0.15) is 21.5 Å². The van der Waals surface area contributed by atoms with Gasteiger partial charge in [0.1, 0.15) is 5.75 Å². The summed E-state index contributed by atoms with van der Waals surface area (Å²) in [6, 6.07) is 11.7. The molecule has 2 aromatic rings. The molecule has 0 unspecified atom stereocenters. The van der Waals surface area contributed by atoms with Gasteiger partial charge in [-0.25, -0.2) is 0 Å². The molecule has 0 saturated carbocycles. The summed E-state index contributed by atoms with van der Waals surface area (Å²) in [5.41, 5.74) is 0. The Hall–Kier alpha value is -1.26. The van der Waals surface area contributed by atoms with Crippen molar-refractivity contribution in [1.29, 1.82) is 0 Å². The Morgan fingerprint density at radius 2 is 2.05 bits per heavy atom. The monoisotopic (exact) mass is 292 g/mol. The summed E-state index contributed by atoms with van der Waals surface area (Å²) in [5, 5.41) is 0. The smallest absolute Gasteiger partial charge is 0.182 e. The highest BCUT2D eigenvalue weighted by atomic mass is 32.2. The quantitative estimate of drug-likeness (QED) is 0.587. The van der Waals surface area contributed by atoms with Crippen LogP contribution in [0.3, 0.4) is 0 Å². The number of hydrogen-bond acceptors (Lipinski definition) is 4. The van der Waals surface area contributed by atoms with Crippen LogP contribution in [-0.2, 0) is 6.42 Å². The SMILES string of the molecule is CCc1ccc(C(=O)CSc2ccccc2OC)s1. The number of hydrogen-bond donors (Lipinski definition) is 0. The predicted octanol–water partition coefficient (Wildman–Crippen LogP) is 4.29. The van der Waals surface area contributed by atoms with Crippen LogP contribution in [0.25, 0.3) is 0 Å². The maximum absolute atomic E-state index is 12.1. The summed E-state index contributed by atoms with van der Waals surface area (Å²) in [6.45, 7) is 2.10. The Labute approximate surface area is 121 Å². The van der Waals surface area contributed by atoms with E-state index < -0.39 is 0 Å². The van der Waals surface area contributed by atoms with Crippen LogP contribution in [0.5, 0.6) is 5.75 Å². The van der Waals surface area contributed by atoms with Gasteiger partial charge >= 0.3 is 0 Å². The molecule has 0 aliphatic rings. The Morgan fingerprint density at radius 1 is 1.26 bits per heavy atom. The molecule has 0 N–H and O–H groups in total. The molecule has 0 amide bonds. The van der Waals surface area contributed by atoms with E-state index in [9.17, 15) is 4.79 Å². The number of Topliss-reactive ketones (excluding diaryl/α,β-unsaturated/α-hetero) is 1. The van der Waals surface area contributed by atoms with Crippen molar-refractivity contribution in [2.75, 3.05) is 12.9 Å². The number of carbonyl (C=O) groups excluding carboxylic acids is 1. The lowest BCUT2D eigenvalue weighted by atomic mass is 10.3. The van der Waals surface area contributed by atoms with Gasteiger partial charge in [-0.05, 0) is 30.7 Å². The minimum atomic E-state index is 0.181. The van der Waals surface area contributed by atoms with Gasteiger partial charge in [0.15, 0.2) is 5.78 Å². The largest absolute Gasteiger partial charge is 0.496 e. The summed E-state index contributed by atoms with van der Waals surface area (Å²) >= 11 is 3.12. The summed E-state index contributed by atoms with van der Waals surface area (Å²) < 4.78 is 5.28. The van der Waals surface area contributed by atoms with E-state index in [0.29, 0.717) is 5.75 Å². The summed E-state index contributed by atoms with van der Waals surface area (Å²) in [4.78, 5) is 15.2. The molecule has 0 fully saturated rings. The van der Waals surface area contributed by atoms with Crippen LogP contribution in [0.15, 0.2) is 41.3 Å². The summed E-state index contributed by atoms with van der Waals surface area (Å²) in [5.74, 6) is 1.45. The number of aryl methyl sites for hydroxylation is 1. The van der Waals surface area contributed by atoms with Gasteiger partial charge in [0.25, 0.3) is 0 Å². The van der Waals surface area contributed by atoms with Gasteiger partial charge < -0.3 is 4.74 Å². The molecular weight excluding hydrogens is 276 g/mol. The van der Waals surface area contributed by atoms with Gasteiger partial charge in [0, 0.05) is 9.77 Å². The molecule has 2 nitrogen and oxygen atoms in total. The zero-order chi connectivity index (χ0) is 13.7. The highest BCUT2D eigenvalue weighted by Gasteiger charge is 2.11. The number of para-hydroxylation sites is 1. The van der Waals surface area contributed by atoms with Gasteiger partial charge in [0.05, 0.1) is 17.7 Å². The molecule has 1 aromatic carbocycles. The molecule has 4 heteroatoms. The average Bonchev–Trinajstić information content (AvgIpc) is 2.94. The molecule has 0 aliphatic heterocycles. The zero-order valence-electron chi connectivity index (χ0n) is 11.0. The molecule has 19 heavy (non-hydrogen) atoms. The molecule has 0 saturated heterocycles. The third-order valence-corrected chi connectivity index (χ3v) is 5.04. The van der Waals surface area contributed by atoms with Crippen LogP contribution in [0.4, 0.5) is 0 Å². The summed E-state index contributed by atoms with van der Waals surface area (Å²) in [7, 11) is 1.65. The van der Waals surface area contributed by atoms with Crippen molar-refractivity contribution in [2.24, 2.45) is 0 Å². The standard InChI is InChI=1S/C15H16O2S2/c1-3-11-8-9-14(19-11)12(16)10-18-15-7-5-4-6-13(15)17-2/h4-9H,3,10H2,1-2H3. The number of thioether (sulfide) groups is 1. The van der Waals surface area contributed by atoms with Crippen LogP contribution in [0, 0.1) is 0 Å². The average molecular weight is 292 g/mol. The van der Waals surface area contributed by atoms with Crippen molar-refractivity contribution in [3.63, 3.8) is 0 Å². The van der Waals surface area contributed by atoms with E-state index in [1.165, 1.54) is 16.6 Å². The fourth-order valence-corrected chi connectivity index (χ4v) is 3.56. The van der Waals surface area contributed by atoms with Crippen LogP contribution in [-0.4, -0.2) is 18.6 Å². The van der Waals surface area contributed by atoms with E-state index in [4.69, 9.17) is 4.74 Å². The number of rotatable bonds is 6. The van der Waals surface area contributed by atoms with E-state index in [1.54, 1.807) is 18.4 Å². The zero-order valence-corrected chi connectivity index (χ0v) is 12.6. The van der Waals surface area contributed by atoms with Crippen molar-refractivity contribution in [3.8, 4) is 5.75 Å². The van der Waals surface area contributed by atoms with Gasteiger partial charge in [-0.3, -0.25) is 4.79 Å². The molecule has 0 radical (unpaired) electrons. The first kappa shape index (κ1) is 14.2. The van der Waals surface area contributed by atoms with Crippen LogP contribution in [0.2, 0.25) is 0 Å². The van der Waals surface area contributed by atoms with E-state index in [2.05, 4.69) is 6.92 Å². The molecule has 1 aromatic heterocycles. The van der Waals surface area contributed by atoms with Crippen LogP contribution >= 0.6 is 23.1 Å². The second-order valence-electron chi connectivity index (χ2n) is 3.98. The lowest BCUT2D eigenvalue weighted by Crippen LogP contribution is -1.99. The van der Waals surface area contributed by atoms with Gasteiger partial charge in [-0.15, -0.1) is 23.1 Å². The predicted molar refractivity (Wildman–Crippen MR) is 81.7 cm³/mol. The molecule has 0 atom stereocenters. The van der Waals surface area contributed by atoms with Crippen LogP contribution < -0.4 is 4.74 Å². The van der Waals surface area contributed by atoms with Crippen molar-refractivity contribution < 1.29 is 9.53 Å². The Bertz CT molecular complexity index is 561. The number of thiophene rings is 1. The first-order valence-corrected chi connectivity index (χ1v) is 7.92. The second-order valence-corrected chi connectivity index (χ2v) is 6.17. The number of methoxy groups -OCH3 is 1. The topological polar surface area (TPSA) is 26.3 Å². The Morgan fingerprint density at radius 3 is 2.74 bits per heavy atom. The van der Waals surface area contributed by atoms with E-state index in [0.717, 1.165) is 21.9 Å². The minimum absolute atomic E-state index is 0.181. The fraction of sp³-hybridized carbons (Fsp3) is 0.267. The third-order valence-electron chi connectivity index (χ3n) is 2.71. The highest BCUT2D eigenvalue weighted by molar-refractivity contribution is 8.00. The third kappa shape index (κ3) is 3.61. The number of carbonyl (C=O) groups is 1. The molecule has 0 bridgehead atoms. The number of benzene rings is 1. The van der Waals surface area contributed by atoms with Gasteiger partial charge in [-0.2, -0.15) is 0 Å². The van der Waals surface area contributed by atoms with E-state index in [1.807, 2.05) is 36.4 Å².